The molecule has 2 amide bonds. The van der Waals surface area contributed by atoms with E-state index in [1.54, 1.807) is 34.6 Å². The molecule has 0 spiro atoms. The molecule has 174 valence electrons. The van der Waals surface area contributed by atoms with Crippen LogP contribution in [0.15, 0.2) is 51.8 Å². The number of nitrogens with zero attached hydrogens (tertiary/aromatic N) is 5. The third-order valence-corrected chi connectivity index (χ3v) is 6.39. The number of aromatic nitrogens is 2. The summed E-state index contributed by atoms with van der Waals surface area (Å²) in [6.07, 6.45) is 10.7. The Morgan fingerprint density at radius 1 is 1.30 bits per heavy atom. The molecule has 33 heavy (non-hydrogen) atoms. The van der Waals surface area contributed by atoms with Gasteiger partial charge < -0.3 is 5.32 Å². The molecular formula is C24H30N6O2S. The summed E-state index contributed by atoms with van der Waals surface area (Å²) >= 11 is 1.68. The molecule has 1 unspecified atom stereocenters. The van der Waals surface area contributed by atoms with Crippen LogP contribution in [0.5, 0.6) is 0 Å². The van der Waals surface area contributed by atoms with Crippen molar-refractivity contribution in [2.75, 3.05) is 17.7 Å². The number of aryl methyl sites for hydroxylation is 1. The van der Waals surface area contributed by atoms with Gasteiger partial charge in [-0.05, 0) is 30.9 Å². The summed E-state index contributed by atoms with van der Waals surface area (Å²) < 4.78 is 1.74. The second kappa shape index (κ2) is 11.1. The van der Waals surface area contributed by atoms with Crippen LogP contribution in [0, 0.1) is 12.3 Å². The van der Waals surface area contributed by atoms with Crippen LogP contribution >= 0.6 is 11.8 Å². The van der Waals surface area contributed by atoms with Crippen molar-refractivity contribution in [3.63, 3.8) is 0 Å². The number of nitrogens with one attached hydrogen (secondary N) is 1. The smallest absolute Gasteiger partial charge is 0.247 e. The van der Waals surface area contributed by atoms with E-state index in [9.17, 15) is 9.59 Å². The van der Waals surface area contributed by atoms with Crippen LogP contribution in [0.2, 0.25) is 0 Å². The largest absolute Gasteiger partial charge is 0.357 e. The molecule has 0 saturated carbocycles. The molecule has 1 aromatic carbocycles. The molecule has 0 aliphatic carbocycles. The summed E-state index contributed by atoms with van der Waals surface area (Å²) in [7, 11) is 1.57. The first-order chi connectivity index (χ1) is 16.0. The fraction of sp³-hybridized carbons (Fsp3) is 0.458. The number of hydrogen-bond acceptors (Lipinski definition) is 6. The molecule has 1 aromatic heterocycles. The molecule has 1 atom stereocenters. The van der Waals surface area contributed by atoms with Crippen molar-refractivity contribution in [2.24, 2.45) is 10.2 Å². The van der Waals surface area contributed by atoms with Gasteiger partial charge in [-0.25, -0.2) is 0 Å². The Balaban J connectivity index is 1.96. The lowest BCUT2D eigenvalue weighted by atomic mass is 10.0. The fourth-order valence-corrected chi connectivity index (χ4v) is 4.38. The van der Waals surface area contributed by atoms with Gasteiger partial charge in [0.15, 0.2) is 5.66 Å². The minimum absolute atomic E-state index is 0.177. The van der Waals surface area contributed by atoms with Gasteiger partial charge >= 0.3 is 0 Å². The molecule has 2 heterocycles. The summed E-state index contributed by atoms with van der Waals surface area (Å²) in [5.74, 6) is 3.05. The average molecular weight is 467 g/mol. The van der Waals surface area contributed by atoms with Crippen LogP contribution in [-0.4, -0.2) is 40.1 Å². The van der Waals surface area contributed by atoms with E-state index in [0.717, 1.165) is 10.6 Å². The highest BCUT2D eigenvalue weighted by Crippen LogP contribution is 2.39. The molecule has 9 heteroatoms. The van der Waals surface area contributed by atoms with Gasteiger partial charge in [0, 0.05) is 61.6 Å². The van der Waals surface area contributed by atoms with Crippen LogP contribution in [0.3, 0.4) is 0 Å². The van der Waals surface area contributed by atoms with Crippen molar-refractivity contribution in [3.05, 3.63) is 42.2 Å². The number of thioether (sulfide) groups is 1. The molecule has 1 aliphatic rings. The molecule has 1 N–H and O–H groups in total. The summed E-state index contributed by atoms with van der Waals surface area (Å²) in [6.45, 7) is 4.71. The third kappa shape index (κ3) is 6.02. The Labute approximate surface area is 199 Å². The van der Waals surface area contributed by atoms with E-state index < -0.39 is 11.7 Å². The van der Waals surface area contributed by atoms with Gasteiger partial charge in [-0.3, -0.25) is 19.2 Å². The third-order valence-electron chi connectivity index (χ3n) is 5.51. The number of carbonyl (C=O) groups is 2. The first-order valence-corrected chi connectivity index (χ1v) is 12.1. The second-order valence-corrected chi connectivity index (χ2v) is 9.06. The lowest BCUT2D eigenvalue weighted by Gasteiger charge is -2.31. The Morgan fingerprint density at radius 2 is 2.09 bits per heavy atom. The Morgan fingerprint density at radius 3 is 2.70 bits per heavy atom. The van der Waals surface area contributed by atoms with Gasteiger partial charge in [0.05, 0.1) is 6.20 Å². The predicted octanol–water partition coefficient (Wildman–Crippen LogP) is 4.19. The van der Waals surface area contributed by atoms with Crippen LogP contribution < -0.4 is 10.2 Å². The minimum Gasteiger partial charge on any atom is -0.357 e. The fourth-order valence-electron chi connectivity index (χ4n) is 3.67. The number of rotatable bonds is 12. The number of hydrogen-bond donors (Lipinski definition) is 1. The van der Waals surface area contributed by atoms with Crippen LogP contribution in [-0.2, 0) is 16.1 Å². The maximum Gasteiger partial charge on any atom is 0.247 e. The average Bonchev–Trinajstić information content (AvgIpc) is 3.45. The zero-order valence-electron chi connectivity index (χ0n) is 19.3. The quantitative estimate of drug-likeness (QED) is 0.375. The van der Waals surface area contributed by atoms with Crippen molar-refractivity contribution in [3.8, 4) is 12.3 Å². The van der Waals surface area contributed by atoms with Crippen molar-refractivity contribution >= 4 is 29.3 Å². The van der Waals surface area contributed by atoms with Gasteiger partial charge in [-0.15, -0.1) is 24.1 Å². The van der Waals surface area contributed by atoms with Crippen molar-refractivity contribution in [1.82, 2.24) is 15.1 Å². The SMILES string of the molecule is C#CCCC1(CCC(=O)N(c2cccc(SCC)c2)C(C(=O)NC)c2cnn(CC)c2)N=N1. The van der Waals surface area contributed by atoms with Crippen LogP contribution in [0.1, 0.15) is 51.1 Å². The van der Waals surface area contributed by atoms with E-state index in [1.165, 1.54) is 0 Å². The molecule has 0 saturated heterocycles. The minimum atomic E-state index is -0.848. The van der Waals surface area contributed by atoms with E-state index in [-0.39, 0.29) is 18.2 Å². The Kier molecular flexibility index (Phi) is 8.28. The number of carbonyl (C=O) groups excluding carboxylic acids is 2. The van der Waals surface area contributed by atoms with Gasteiger partial charge in [-0.2, -0.15) is 15.3 Å². The predicted molar refractivity (Wildman–Crippen MR) is 130 cm³/mol. The number of benzene rings is 1. The van der Waals surface area contributed by atoms with Crippen molar-refractivity contribution < 1.29 is 9.59 Å². The van der Waals surface area contributed by atoms with E-state index in [4.69, 9.17) is 6.42 Å². The van der Waals surface area contributed by atoms with E-state index in [1.807, 2.05) is 37.4 Å². The monoisotopic (exact) mass is 466 g/mol. The summed E-state index contributed by atoms with van der Waals surface area (Å²) in [6, 6.07) is 6.87. The molecule has 8 nitrogen and oxygen atoms in total. The van der Waals surface area contributed by atoms with Crippen LogP contribution in [0.4, 0.5) is 5.69 Å². The number of amides is 2. The summed E-state index contributed by atoms with van der Waals surface area (Å²) in [5, 5.41) is 15.3. The molecule has 0 bridgehead atoms. The lowest BCUT2D eigenvalue weighted by Crippen LogP contribution is -2.43. The first kappa shape index (κ1) is 24.5. The normalized spacial score (nSPS) is 14.4. The highest BCUT2D eigenvalue weighted by molar-refractivity contribution is 7.99. The van der Waals surface area contributed by atoms with Crippen molar-refractivity contribution in [2.45, 2.75) is 62.7 Å². The Hall–Kier alpha value is -3.12. The topological polar surface area (TPSA) is 92.0 Å². The van der Waals surface area contributed by atoms with Gasteiger partial charge in [0.25, 0.3) is 0 Å². The standard InChI is InChI=1S/C24H30N6O2S/c1-5-8-13-24(27-28-24)14-12-21(31)30(19-10-9-11-20(15-19)33-7-3)22(23(32)25-4)18-16-26-29(6-2)17-18/h1,9-11,15-17,22H,6-8,12-14H2,2-4H3,(H,25,32). The number of likely N-dealkylation sites (N-methyl/N-ethyl adjacent to an activating group) is 1. The Bertz CT molecular complexity index is 1050. The highest BCUT2D eigenvalue weighted by atomic mass is 32.2. The first-order valence-electron chi connectivity index (χ1n) is 11.1. The molecule has 0 radical (unpaired) electrons. The molecule has 1 aliphatic heterocycles. The lowest BCUT2D eigenvalue weighted by molar-refractivity contribution is -0.126. The number of anilines is 1. The molecule has 2 aromatic rings. The van der Waals surface area contributed by atoms with Crippen molar-refractivity contribution in [1.29, 1.82) is 0 Å². The summed E-state index contributed by atoms with van der Waals surface area (Å²) in [5.41, 5.74) is 0.753. The van der Waals surface area contributed by atoms with Gasteiger partial charge in [-0.1, -0.05) is 13.0 Å². The number of terminal acetylenes is 1. The molecule has 3 rings (SSSR count). The summed E-state index contributed by atoms with van der Waals surface area (Å²) in [4.78, 5) is 29.4. The van der Waals surface area contributed by atoms with Gasteiger partial charge in [0.1, 0.15) is 6.04 Å². The van der Waals surface area contributed by atoms with Gasteiger partial charge in [0.2, 0.25) is 11.8 Å². The van der Waals surface area contributed by atoms with E-state index >= 15 is 0 Å². The maximum absolute atomic E-state index is 13.7. The zero-order chi connectivity index (χ0) is 23.8. The van der Waals surface area contributed by atoms with E-state index in [0.29, 0.717) is 37.1 Å². The zero-order valence-corrected chi connectivity index (χ0v) is 20.1. The second-order valence-electron chi connectivity index (χ2n) is 7.73. The molecular weight excluding hydrogens is 436 g/mol. The van der Waals surface area contributed by atoms with E-state index in [2.05, 4.69) is 33.5 Å². The maximum atomic E-state index is 13.7. The highest BCUT2D eigenvalue weighted by Gasteiger charge is 2.41. The van der Waals surface area contributed by atoms with Crippen LogP contribution in [0.25, 0.3) is 0 Å². The molecule has 0 fully saturated rings.